The summed E-state index contributed by atoms with van der Waals surface area (Å²) < 4.78 is 5.99. The number of nitrogens with one attached hydrogen (secondary N) is 1. The summed E-state index contributed by atoms with van der Waals surface area (Å²) in [5.41, 5.74) is 0. The second-order valence-corrected chi connectivity index (χ2v) is 5.19. The monoisotopic (exact) mass is 237 g/mol. The van der Waals surface area contributed by atoms with Gasteiger partial charge in [-0.2, -0.15) is 0 Å². The van der Waals surface area contributed by atoms with Crippen LogP contribution in [0.3, 0.4) is 0 Å². The maximum atomic E-state index is 6.09. The fraction of sp³-hybridized carbons (Fsp3) is 0.538. The lowest BCUT2D eigenvalue weighted by Crippen LogP contribution is -2.42. The first kappa shape index (κ1) is 10.4. The van der Waals surface area contributed by atoms with E-state index in [9.17, 15) is 0 Å². The van der Waals surface area contributed by atoms with Crippen molar-refractivity contribution in [2.75, 3.05) is 0 Å². The first-order valence-electron chi connectivity index (χ1n) is 5.98. The van der Waals surface area contributed by atoms with E-state index < -0.39 is 0 Å². The van der Waals surface area contributed by atoms with Crippen LogP contribution in [0, 0.1) is 0 Å². The molecule has 0 radical (unpaired) electrons. The van der Waals surface area contributed by atoms with Gasteiger partial charge in [0.1, 0.15) is 11.9 Å². The molecule has 3 atom stereocenters. The van der Waals surface area contributed by atoms with Gasteiger partial charge in [0.25, 0.3) is 0 Å². The van der Waals surface area contributed by atoms with E-state index in [0.29, 0.717) is 23.2 Å². The molecule has 3 rings (SSSR count). The Labute approximate surface area is 101 Å². The van der Waals surface area contributed by atoms with E-state index in [1.807, 2.05) is 24.3 Å². The Bertz CT molecular complexity index is 370. The number of para-hydroxylation sites is 1. The number of hydrogen-bond donors (Lipinski definition) is 1. The topological polar surface area (TPSA) is 21.3 Å². The van der Waals surface area contributed by atoms with Crippen LogP contribution in [-0.4, -0.2) is 18.2 Å². The number of rotatable bonds is 2. The molecule has 0 aliphatic carbocycles. The number of piperidine rings is 1. The van der Waals surface area contributed by atoms with Crippen LogP contribution in [0.1, 0.15) is 25.7 Å². The molecule has 2 aliphatic heterocycles. The van der Waals surface area contributed by atoms with Crippen LogP contribution in [0.25, 0.3) is 0 Å². The number of hydrogen-bond acceptors (Lipinski definition) is 2. The summed E-state index contributed by atoms with van der Waals surface area (Å²) in [5, 5.41) is 4.32. The molecule has 2 bridgehead atoms. The molecule has 1 aromatic carbocycles. The Hall–Kier alpha value is -0.730. The summed E-state index contributed by atoms with van der Waals surface area (Å²) >= 11 is 6.09. The van der Waals surface area contributed by atoms with Gasteiger partial charge in [-0.15, -0.1) is 0 Å². The maximum Gasteiger partial charge on any atom is 0.138 e. The SMILES string of the molecule is Clc1ccccc1O[C@@H]1C[C@H]2CC[C@@H](C1)N2. The predicted molar refractivity (Wildman–Crippen MR) is 65.0 cm³/mol. The van der Waals surface area contributed by atoms with Crippen LogP contribution < -0.4 is 10.1 Å². The lowest BCUT2D eigenvalue weighted by molar-refractivity contribution is 0.137. The van der Waals surface area contributed by atoms with Crippen LogP contribution in [0.15, 0.2) is 24.3 Å². The second-order valence-electron chi connectivity index (χ2n) is 4.78. The van der Waals surface area contributed by atoms with Gasteiger partial charge in [-0.05, 0) is 37.8 Å². The highest BCUT2D eigenvalue weighted by atomic mass is 35.5. The lowest BCUT2D eigenvalue weighted by Gasteiger charge is -2.29. The van der Waals surface area contributed by atoms with Crippen molar-refractivity contribution >= 4 is 11.6 Å². The summed E-state index contributed by atoms with van der Waals surface area (Å²) in [6.07, 6.45) is 5.16. The molecule has 2 fully saturated rings. The quantitative estimate of drug-likeness (QED) is 0.854. The lowest BCUT2D eigenvalue weighted by atomic mass is 10.0. The van der Waals surface area contributed by atoms with Gasteiger partial charge in [-0.25, -0.2) is 0 Å². The zero-order chi connectivity index (χ0) is 11.0. The van der Waals surface area contributed by atoms with Gasteiger partial charge in [0.2, 0.25) is 0 Å². The number of fused-ring (bicyclic) bond motifs is 2. The summed E-state index contributed by atoms with van der Waals surface area (Å²) in [4.78, 5) is 0. The molecule has 16 heavy (non-hydrogen) atoms. The molecule has 86 valence electrons. The third-order valence-corrected chi connectivity index (χ3v) is 3.87. The minimum Gasteiger partial charge on any atom is -0.489 e. The standard InChI is InChI=1S/C13H16ClNO/c14-12-3-1-2-4-13(12)16-11-7-9-5-6-10(8-11)15-9/h1-4,9-11,15H,5-8H2/t9-,10+,11-. The van der Waals surface area contributed by atoms with E-state index >= 15 is 0 Å². The van der Waals surface area contributed by atoms with Crippen molar-refractivity contribution in [3.63, 3.8) is 0 Å². The van der Waals surface area contributed by atoms with Crippen LogP contribution in [0.4, 0.5) is 0 Å². The van der Waals surface area contributed by atoms with Crippen molar-refractivity contribution < 1.29 is 4.74 Å². The minimum absolute atomic E-state index is 0.332. The van der Waals surface area contributed by atoms with Gasteiger partial charge < -0.3 is 10.1 Å². The molecule has 3 heteroatoms. The number of benzene rings is 1. The van der Waals surface area contributed by atoms with Gasteiger partial charge in [-0.3, -0.25) is 0 Å². The van der Waals surface area contributed by atoms with E-state index in [1.165, 1.54) is 12.8 Å². The molecule has 1 N–H and O–H groups in total. The smallest absolute Gasteiger partial charge is 0.138 e. The van der Waals surface area contributed by atoms with E-state index in [4.69, 9.17) is 16.3 Å². The fourth-order valence-corrected chi connectivity index (χ4v) is 3.00. The van der Waals surface area contributed by atoms with E-state index in [-0.39, 0.29) is 0 Å². The highest BCUT2D eigenvalue weighted by molar-refractivity contribution is 6.32. The second kappa shape index (κ2) is 4.27. The van der Waals surface area contributed by atoms with E-state index in [2.05, 4.69) is 5.32 Å². The predicted octanol–water partition coefficient (Wildman–Crippen LogP) is 3.00. The molecule has 1 aromatic rings. The molecule has 0 unspecified atom stereocenters. The molecule has 2 heterocycles. The van der Waals surface area contributed by atoms with Crippen molar-refractivity contribution in [1.82, 2.24) is 5.32 Å². The van der Waals surface area contributed by atoms with Gasteiger partial charge in [0, 0.05) is 12.1 Å². The zero-order valence-corrected chi connectivity index (χ0v) is 9.91. The summed E-state index contributed by atoms with van der Waals surface area (Å²) in [6.45, 7) is 0. The zero-order valence-electron chi connectivity index (χ0n) is 9.16. The van der Waals surface area contributed by atoms with Crippen LogP contribution in [-0.2, 0) is 0 Å². The summed E-state index contributed by atoms with van der Waals surface area (Å²) in [6, 6.07) is 9.05. The van der Waals surface area contributed by atoms with Crippen LogP contribution in [0.2, 0.25) is 5.02 Å². The molecule has 0 aromatic heterocycles. The van der Waals surface area contributed by atoms with Crippen molar-refractivity contribution in [2.24, 2.45) is 0 Å². The Morgan fingerprint density at radius 1 is 1.12 bits per heavy atom. The third kappa shape index (κ3) is 2.04. The van der Waals surface area contributed by atoms with Crippen LogP contribution >= 0.6 is 11.6 Å². The Balaban J connectivity index is 1.69. The maximum absolute atomic E-state index is 6.09. The Kier molecular flexibility index (Phi) is 2.78. The van der Waals surface area contributed by atoms with Crippen molar-refractivity contribution in [3.05, 3.63) is 29.3 Å². The fourth-order valence-electron chi connectivity index (χ4n) is 2.82. The van der Waals surface area contributed by atoms with Gasteiger partial charge in [-0.1, -0.05) is 23.7 Å². The molecular formula is C13H16ClNO. The Morgan fingerprint density at radius 3 is 2.50 bits per heavy atom. The first-order chi connectivity index (χ1) is 7.81. The largest absolute Gasteiger partial charge is 0.489 e. The van der Waals surface area contributed by atoms with Crippen molar-refractivity contribution in [3.8, 4) is 5.75 Å². The first-order valence-corrected chi connectivity index (χ1v) is 6.36. The number of ether oxygens (including phenoxy) is 1. The minimum atomic E-state index is 0.332. The molecule has 2 aliphatic rings. The Morgan fingerprint density at radius 2 is 1.81 bits per heavy atom. The van der Waals surface area contributed by atoms with Gasteiger partial charge >= 0.3 is 0 Å². The van der Waals surface area contributed by atoms with E-state index in [0.717, 1.165) is 18.6 Å². The van der Waals surface area contributed by atoms with E-state index in [1.54, 1.807) is 0 Å². The summed E-state index contributed by atoms with van der Waals surface area (Å²) in [5.74, 6) is 0.829. The van der Waals surface area contributed by atoms with Crippen LogP contribution in [0.5, 0.6) is 5.75 Å². The third-order valence-electron chi connectivity index (χ3n) is 3.56. The molecule has 0 amide bonds. The van der Waals surface area contributed by atoms with Crippen molar-refractivity contribution in [2.45, 2.75) is 43.9 Å². The average Bonchev–Trinajstić information content (AvgIpc) is 2.62. The van der Waals surface area contributed by atoms with Crippen molar-refractivity contribution in [1.29, 1.82) is 0 Å². The molecule has 0 spiro atoms. The molecular weight excluding hydrogens is 222 g/mol. The average molecular weight is 238 g/mol. The molecule has 0 saturated carbocycles. The number of halogens is 1. The highest BCUT2D eigenvalue weighted by Crippen LogP contribution is 2.32. The summed E-state index contributed by atoms with van der Waals surface area (Å²) in [7, 11) is 0. The van der Waals surface area contributed by atoms with Gasteiger partial charge in [0.15, 0.2) is 0 Å². The van der Waals surface area contributed by atoms with Gasteiger partial charge in [0.05, 0.1) is 5.02 Å². The molecule has 2 saturated heterocycles. The normalized spacial score (nSPS) is 32.7. The molecule has 2 nitrogen and oxygen atoms in total. The highest BCUT2D eigenvalue weighted by Gasteiger charge is 2.34.